The minimum Gasteiger partial charge on any atom is -0.477 e. The van der Waals surface area contributed by atoms with Gasteiger partial charge in [0.2, 0.25) is 0 Å². The Morgan fingerprint density at radius 1 is 1.00 bits per heavy atom. The topological polar surface area (TPSA) is 97.8 Å². The van der Waals surface area contributed by atoms with Crippen LogP contribution in [-0.2, 0) is 0 Å². The van der Waals surface area contributed by atoms with Gasteiger partial charge in [-0.1, -0.05) is 57.6 Å². The number of carboxylic acid groups (broad SMARTS) is 1. The highest BCUT2D eigenvalue weighted by Crippen LogP contribution is 2.40. The van der Waals surface area contributed by atoms with E-state index in [-0.39, 0.29) is 11.4 Å². The van der Waals surface area contributed by atoms with Crippen LogP contribution in [0.25, 0.3) is 22.0 Å². The van der Waals surface area contributed by atoms with Crippen molar-refractivity contribution in [3.63, 3.8) is 0 Å². The summed E-state index contributed by atoms with van der Waals surface area (Å²) in [6, 6.07) is 11.4. The highest BCUT2D eigenvalue weighted by Gasteiger charge is 2.39. The van der Waals surface area contributed by atoms with E-state index in [4.69, 9.17) is 0 Å². The summed E-state index contributed by atoms with van der Waals surface area (Å²) in [5.41, 5.74) is 2.69. The second-order valence-corrected chi connectivity index (χ2v) is 12.8. The number of benzene rings is 2. The van der Waals surface area contributed by atoms with E-state index >= 15 is 0 Å². The first kappa shape index (κ1) is 34.6. The molecule has 1 aromatic heterocycles. The van der Waals surface area contributed by atoms with Crippen molar-refractivity contribution in [2.24, 2.45) is 5.92 Å². The molecular formula is C35H48F3N3O4. The maximum atomic E-state index is 12.4. The predicted molar refractivity (Wildman–Crippen MR) is 173 cm³/mol. The largest absolute Gasteiger partial charge is 0.573 e. The van der Waals surface area contributed by atoms with Crippen LogP contribution < -0.4 is 15.0 Å². The zero-order chi connectivity index (χ0) is 32.6. The zero-order valence-electron chi connectivity index (χ0n) is 26.7. The lowest BCUT2D eigenvalue weighted by molar-refractivity contribution is -0.274. The minimum absolute atomic E-state index is 0.0844. The molecule has 5 rings (SSSR count). The number of hydrogen-bond acceptors (Lipinski definition) is 5. The van der Waals surface area contributed by atoms with Crippen LogP contribution in [0.1, 0.15) is 95.0 Å². The maximum Gasteiger partial charge on any atom is 0.573 e. The predicted octanol–water partition coefficient (Wildman–Crippen LogP) is 8.52. The van der Waals surface area contributed by atoms with Gasteiger partial charge in [-0.05, 0) is 87.4 Å². The molecule has 10 heteroatoms. The van der Waals surface area contributed by atoms with Gasteiger partial charge in [-0.25, -0.2) is 4.79 Å². The fourth-order valence-electron chi connectivity index (χ4n) is 5.70. The van der Waals surface area contributed by atoms with Gasteiger partial charge in [0.05, 0.1) is 5.60 Å². The number of nitrogens with one attached hydrogen (secondary N) is 2. The number of aromatic amines is 1. The van der Waals surface area contributed by atoms with Gasteiger partial charge in [0.1, 0.15) is 11.4 Å². The molecule has 0 spiro atoms. The normalized spacial score (nSPS) is 16.2. The van der Waals surface area contributed by atoms with Crippen LogP contribution in [0, 0.1) is 5.92 Å². The summed E-state index contributed by atoms with van der Waals surface area (Å²) >= 11 is 0. The summed E-state index contributed by atoms with van der Waals surface area (Å²) in [5.74, 6) is -0.782. The van der Waals surface area contributed by atoms with Crippen molar-refractivity contribution in [2.75, 3.05) is 25.0 Å². The summed E-state index contributed by atoms with van der Waals surface area (Å²) < 4.78 is 41.1. The van der Waals surface area contributed by atoms with E-state index < -0.39 is 17.9 Å². The van der Waals surface area contributed by atoms with Crippen LogP contribution in [0.15, 0.2) is 42.5 Å². The lowest BCUT2D eigenvalue weighted by Crippen LogP contribution is -2.40. The van der Waals surface area contributed by atoms with Crippen molar-refractivity contribution in [1.82, 2.24) is 10.3 Å². The monoisotopic (exact) mass is 631 g/mol. The first-order valence-corrected chi connectivity index (χ1v) is 16.3. The van der Waals surface area contributed by atoms with Crippen LogP contribution >= 0.6 is 0 Å². The van der Waals surface area contributed by atoms with Gasteiger partial charge in [0.25, 0.3) is 0 Å². The number of H-pyrrole nitrogens is 1. The third-order valence-corrected chi connectivity index (χ3v) is 8.74. The van der Waals surface area contributed by atoms with Crippen molar-refractivity contribution in [2.45, 2.75) is 102 Å². The third kappa shape index (κ3) is 10.7. The number of fused-ring (bicyclic) bond motifs is 1. The fourth-order valence-corrected chi connectivity index (χ4v) is 5.70. The smallest absolute Gasteiger partial charge is 0.477 e. The van der Waals surface area contributed by atoms with E-state index in [1.807, 2.05) is 26.1 Å². The van der Waals surface area contributed by atoms with Gasteiger partial charge in [-0.15, -0.1) is 13.2 Å². The highest BCUT2D eigenvalue weighted by atomic mass is 19.4. The number of carboxylic acids is 1. The first-order valence-electron chi connectivity index (χ1n) is 16.3. The van der Waals surface area contributed by atoms with Crippen LogP contribution in [0.3, 0.4) is 0 Å². The van der Waals surface area contributed by atoms with Gasteiger partial charge in [0.15, 0.2) is 0 Å². The number of hydrogen-bond donors (Lipinski definition) is 4. The molecule has 7 nitrogen and oxygen atoms in total. The van der Waals surface area contributed by atoms with E-state index in [2.05, 4.69) is 26.9 Å². The number of aliphatic hydroxyl groups is 1. The molecule has 0 bridgehead atoms. The number of ether oxygens (including phenoxy) is 1. The number of unbranched alkanes of at least 4 members (excludes halogenated alkanes) is 6. The average Bonchev–Trinajstić information content (AvgIpc) is 3.91. The summed E-state index contributed by atoms with van der Waals surface area (Å²) in [5, 5.41) is 23.5. The molecule has 0 saturated heterocycles. The fraction of sp³-hybridized carbons (Fsp3) is 0.571. The van der Waals surface area contributed by atoms with Crippen LogP contribution in [0.4, 0.5) is 18.9 Å². The van der Waals surface area contributed by atoms with Crippen LogP contribution in [0.5, 0.6) is 5.75 Å². The van der Waals surface area contributed by atoms with E-state index in [1.165, 1.54) is 69.9 Å². The van der Waals surface area contributed by atoms with Gasteiger partial charge in [-0.2, -0.15) is 0 Å². The minimum atomic E-state index is -4.74. The Labute approximate surface area is 264 Å². The molecule has 2 aromatic carbocycles. The van der Waals surface area contributed by atoms with Crippen molar-refractivity contribution in [3.05, 3.63) is 48.2 Å². The number of alkyl halides is 3. The lowest BCUT2D eigenvalue weighted by Gasteiger charge is -2.23. The van der Waals surface area contributed by atoms with Crippen LogP contribution in [0.2, 0.25) is 0 Å². The molecule has 4 N–H and O–H groups in total. The first-order chi connectivity index (χ1) is 21.4. The SMILES string of the molecule is CCCCCCCCCNC[C@](C)(O)C1CC1.CN(c1cc2cc(C(=O)O)[nH]c2cc1-c1ccc(OC(F)(F)F)cc1)C1CC1. The molecule has 2 aliphatic rings. The molecule has 2 fully saturated rings. The molecular weight excluding hydrogens is 583 g/mol. The number of rotatable bonds is 16. The summed E-state index contributed by atoms with van der Waals surface area (Å²) in [6.45, 7) is 6.07. The molecule has 2 saturated carbocycles. The van der Waals surface area contributed by atoms with Gasteiger partial charge < -0.3 is 30.2 Å². The standard InChI is InChI=1S/C20H17F3N2O3.C15H31NO/c1-25(13-4-5-13)18-9-12-8-17(19(26)27)24-16(12)10-15(18)11-2-6-14(7-3-11)28-20(21,22)23;1-3-4-5-6-7-8-9-12-16-13-15(2,17)14-10-11-14/h2-3,6-10,13,24H,4-5H2,1H3,(H,26,27);14,16-17H,3-13H2,1-2H3/t;15-/m.0/s1. The number of halogens is 3. The Morgan fingerprint density at radius 3 is 2.22 bits per heavy atom. The molecule has 45 heavy (non-hydrogen) atoms. The van der Waals surface area contributed by atoms with E-state index in [0.717, 1.165) is 42.6 Å². The summed E-state index contributed by atoms with van der Waals surface area (Å²) in [4.78, 5) is 16.3. The highest BCUT2D eigenvalue weighted by molar-refractivity contribution is 5.98. The quantitative estimate of drug-likeness (QED) is 0.118. The third-order valence-electron chi connectivity index (χ3n) is 8.74. The number of anilines is 1. The van der Waals surface area contributed by atoms with Gasteiger partial charge in [0, 0.05) is 41.8 Å². The summed E-state index contributed by atoms with van der Waals surface area (Å²) in [6.07, 6.45) is 9.32. The number of carbonyl (C=O) groups is 1. The molecule has 248 valence electrons. The Bertz CT molecular complexity index is 1380. The molecule has 3 aromatic rings. The molecule has 0 unspecified atom stereocenters. The van der Waals surface area contributed by atoms with E-state index in [1.54, 1.807) is 18.2 Å². The second kappa shape index (κ2) is 15.4. The Hall–Kier alpha value is -3.24. The van der Waals surface area contributed by atoms with Gasteiger partial charge >= 0.3 is 12.3 Å². The lowest BCUT2D eigenvalue weighted by atomic mass is 10.0. The van der Waals surface area contributed by atoms with Crippen molar-refractivity contribution >= 4 is 22.6 Å². The van der Waals surface area contributed by atoms with Crippen molar-refractivity contribution < 1.29 is 32.9 Å². The van der Waals surface area contributed by atoms with E-state index in [9.17, 15) is 28.2 Å². The van der Waals surface area contributed by atoms with E-state index in [0.29, 0.717) is 23.0 Å². The zero-order valence-corrected chi connectivity index (χ0v) is 26.7. The molecule has 0 amide bonds. The number of nitrogens with zero attached hydrogens (tertiary/aromatic N) is 1. The molecule has 1 atom stereocenters. The Morgan fingerprint density at radius 2 is 1.64 bits per heavy atom. The molecule has 2 aliphatic carbocycles. The summed E-state index contributed by atoms with van der Waals surface area (Å²) in [7, 11) is 1.97. The van der Waals surface area contributed by atoms with Crippen molar-refractivity contribution in [3.8, 4) is 16.9 Å². The second-order valence-electron chi connectivity index (χ2n) is 12.8. The Balaban J connectivity index is 0.000000233. The maximum absolute atomic E-state index is 12.4. The molecule has 0 aliphatic heterocycles. The Kier molecular flexibility index (Phi) is 11.8. The van der Waals surface area contributed by atoms with Crippen molar-refractivity contribution in [1.29, 1.82) is 0 Å². The molecule has 1 heterocycles. The number of aromatic nitrogens is 1. The average molecular weight is 632 g/mol. The number of aromatic carboxylic acids is 1. The molecule has 0 radical (unpaired) electrons. The van der Waals surface area contributed by atoms with Gasteiger partial charge in [-0.3, -0.25) is 0 Å². The van der Waals surface area contributed by atoms with Crippen LogP contribution in [-0.4, -0.2) is 59.3 Å².